The van der Waals surface area contributed by atoms with E-state index in [1.807, 2.05) is 32.0 Å². The van der Waals surface area contributed by atoms with Gasteiger partial charge in [0, 0.05) is 23.9 Å². The third kappa shape index (κ3) is 5.85. The number of hydrogen-bond acceptors (Lipinski definition) is 3. The van der Waals surface area contributed by atoms with E-state index in [1.54, 1.807) is 0 Å². The molecule has 5 heteroatoms. The van der Waals surface area contributed by atoms with Gasteiger partial charge in [-0.25, -0.2) is 8.42 Å². The molecule has 0 saturated heterocycles. The Morgan fingerprint density at radius 3 is 2.61 bits per heavy atom. The molecule has 1 unspecified atom stereocenters. The summed E-state index contributed by atoms with van der Waals surface area (Å²) in [6.07, 6.45) is 1.89. The Hall–Kier alpha value is -0.580. The third-order valence-corrected chi connectivity index (χ3v) is 4.20. The van der Waals surface area contributed by atoms with Crippen molar-refractivity contribution in [1.82, 2.24) is 5.32 Å². The number of benzene rings is 1. The quantitative estimate of drug-likeness (QED) is 0.875. The van der Waals surface area contributed by atoms with Gasteiger partial charge >= 0.3 is 0 Å². The van der Waals surface area contributed by atoms with E-state index in [9.17, 15) is 8.42 Å². The van der Waals surface area contributed by atoms with Crippen molar-refractivity contribution in [1.29, 1.82) is 0 Å². The first-order valence-electron chi connectivity index (χ1n) is 5.94. The van der Waals surface area contributed by atoms with Crippen molar-refractivity contribution in [3.05, 3.63) is 34.3 Å². The SMILES string of the molecule is Cc1ccc(CNC(C)CCS(C)(=O)=O)cc1Cl. The van der Waals surface area contributed by atoms with Crippen molar-refractivity contribution in [2.45, 2.75) is 32.9 Å². The van der Waals surface area contributed by atoms with Gasteiger partial charge in [0.25, 0.3) is 0 Å². The first-order chi connectivity index (χ1) is 8.28. The topological polar surface area (TPSA) is 46.2 Å². The first kappa shape index (κ1) is 15.5. The number of aryl methyl sites for hydroxylation is 1. The van der Waals surface area contributed by atoms with Gasteiger partial charge in [0.05, 0.1) is 5.75 Å². The average molecular weight is 290 g/mol. The molecule has 0 aliphatic heterocycles. The van der Waals surface area contributed by atoms with Gasteiger partial charge in [0.1, 0.15) is 9.84 Å². The highest BCUT2D eigenvalue weighted by atomic mass is 35.5. The molecule has 102 valence electrons. The molecular formula is C13H20ClNO2S. The first-order valence-corrected chi connectivity index (χ1v) is 8.38. The molecule has 1 aromatic rings. The molecule has 0 heterocycles. The molecule has 3 nitrogen and oxygen atoms in total. The van der Waals surface area contributed by atoms with Crippen molar-refractivity contribution >= 4 is 21.4 Å². The highest BCUT2D eigenvalue weighted by molar-refractivity contribution is 7.90. The third-order valence-electron chi connectivity index (χ3n) is 2.81. The molecule has 0 saturated carbocycles. The van der Waals surface area contributed by atoms with E-state index in [4.69, 9.17) is 11.6 Å². The minimum atomic E-state index is -2.88. The molecule has 1 N–H and O–H groups in total. The summed E-state index contributed by atoms with van der Waals surface area (Å²) in [5.74, 6) is 0.218. The zero-order valence-electron chi connectivity index (χ0n) is 11.0. The largest absolute Gasteiger partial charge is 0.310 e. The summed E-state index contributed by atoms with van der Waals surface area (Å²) in [6.45, 7) is 4.65. The minimum absolute atomic E-state index is 0.166. The maximum atomic E-state index is 11.0. The molecule has 0 amide bonds. The Kier molecular flexibility index (Phi) is 5.63. The monoisotopic (exact) mass is 289 g/mol. The fourth-order valence-corrected chi connectivity index (χ4v) is 2.52. The van der Waals surface area contributed by atoms with E-state index in [0.29, 0.717) is 13.0 Å². The lowest BCUT2D eigenvalue weighted by Gasteiger charge is -2.13. The standard InChI is InChI=1S/C13H20ClNO2S/c1-10-4-5-12(8-13(10)14)9-15-11(2)6-7-18(3,16)17/h4-5,8,11,15H,6-7,9H2,1-3H3. The van der Waals surface area contributed by atoms with E-state index < -0.39 is 9.84 Å². The molecule has 18 heavy (non-hydrogen) atoms. The Morgan fingerprint density at radius 2 is 2.06 bits per heavy atom. The number of sulfone groups is 1. The van der Waals surface area contributed by atoms with Gasteiger partial charge in [0.2, 0.25) is 0 Å². The van der Waals surface area contributed by atoms with Crippen LogP contribution in [0.25, 0.3) is 0 Å². The molecular weight excluding hydrogens is 270 g/mol. The van der Waals surface area contributed by atoms with Gasteiger partial charge in [-0.3, -0.25) is 0 Å². The maximum absolute atomic E-state index is 11.0. The molecule has 1 aromatic carbocycles. The van der Waals surface area contributed by atoms with Crippen LogP contribution in [0.2, 0.25) is 5.02 Å². The lowest BCUT2D eigenvalue weighted by Crippen LogP contribution is -2.27. The van der Waals surface area contributed by atoms with E-state index >= 15 is 0 Å². The summed E-state index contributed by atoms with van der Waals surface area (Å²) in [7, 11) is -2.88. The van der Waals surface area contributed by atoms with E-state index in [-0.39, 0.29) is 11.8 Å². The summed E-state index contributed by atoms with van der Waals surface area (Å²) < 4.78 is 22.1. The second-order valence-electron chi connectivity index (χ2n) is 4.78. The average Bonchev–Trinajstić information content (AvgIpc) is 2.27. The minimum Gasteiger partial charge on any atom is -0.310 e. The van der Waals surface area contributed by atoms with Gasteiger partial charge in [0.15, 0.2) is 0 Å². The lowest BCUT2D eigenvalue weighted by molar-refractivity contribution is 0.527. The predicted molar refractivity (Wildman–Crippen MR) is 76.8 cm³/mol. The highest BCUT2D eigenvalue weighted by Gasteiger charge is 2.07. The fraction of sp³-hybridized carbons (Fsp3) is 0.538. The molecule has 1 atom stereocenters. The number of rotatable bonds is 6. The molecule has 0 spiro atoms. The Morgan fingerprint density at radius 1 is 1.39 bits per heavy atom. The molecule has 0 bridgehead atoms. The summed E-state index contributed by atoms with van der Waals surface area (Å²) >= 11 is 6.04. The van der Waals surface area contributed by atoms with Crippen LogP contribution in [0.1, 0.15) is 24.5 Å². The number of halogens is 1. The van der Waals surface area contributed by atoms with E-state index in [1.165, 1.54) is 6.26 Å². The zero-order valence-corrected chi connectivity index (χ0v) is 12.6. The fourth-order valence-electron chi connectivity index (χ4n) is 1.53. The summed E-state index contributed by atoms with van der Waals surface area (Å²) in [6, 6.07) is 6.12. The van der Waals surface area contributed by atoms with E-state index in [2.05, 4.69) is 5.32 Å². The van der Waals surface area contributed by atoms with Crippen molar-refractivity contribution in [3.63, 3.8) is 0 Å². The molecule has 0 radical (unpaired) electrons. The Labute approximate surface area is 114 Å². The summed E-state index contributed by atoms with van der Waals surface area (Å²) in [4.78, 5) is 0. The smallest absolute Gasteiger partial charge is 0.147 e. The van der Waals surface area contributed by atoms with Gasteiger partial charge in [-0.2, -0.15) is 0 Å². The molecule has 0 fully saturated rings. The van der Waals surface area contributed by atoms with Crippen LogP contribution in [0.15, 0.2) is 18.2 Å². The van der Waals surface area contributed by atoms with Crippen LogP contribution in [0, 0.1) is 6.92 Å². The van der Waals surface area contributed by atoms with Crippen LogP contribution in [-0.4, -0.2) is 26.5 Å². The number of hydrogen-bond donors (Lipinski definition) is 1. The summed E-state index contributed by atoms with van der Waals surface area (Å²) in [5, 5.41) is 4.06. The Balaban J connectivity index is 2.42. The van der Waals surface area contributed by atoms with Crippen molar-refractivity contribution in [2.75, 3.05) is 12.0 Å². The summed E-state index contributed by atoms with van der Waals surface area (Å²) in [5.41, 5.74) is 2.17. The predicted octanol–water partition coefficient (Wildman–Crippen LogP) is 2.56. The zero-order chi connectivity index (χ0) is 13.8. The molecule has 1 rings (SSSR count). The maximum Gasteiger partial charge on any atom is 0.147 e. The van der Waals surface area contributed by atoms with E-state index in [0.717, 1.165) is 16.1 Å². The van der Waals surface area contributed by atoms with Crippen LogP contribution < -0.4 is 5.32 Å². The van der Waals surface area contributed by atoms with Crippen LogP contribution in [-0.2, 0) is 16.4 Å². The lowest BCUT2D eigenvalue weighted by atomic mass is 10.1. The van der Waals surface area contributed by atoms with Gasteiger partial charge in [-0.1, -0.05) is 23.7 Å². The number of nitrogens with one attached hydrogen (secondary N) is 1. The van der Waals surface area contributed by atoms with Crippen molar-refractivity contribution < 1.29 is 8.42 Å². The van der Waals surface area contributed by atoms with Crippen LogP contribution >= 0.6 is 11.6 Å². The van der Waals surface area contributed by atoms with Crippen molar-refractivity contribution in [3.8, 4) is 0 Å². The normalized spacial score (nSPS) is 13.6. The van der Waals surface area contributed by atoms with Crippen LogP contribution in [0.3, 0.4) is 0 Å². The van der Waals surface area contributed by atoms with Gasteiger partial charge < -0.3 is 5.32 Å². The second kappa shape index (κ2) is 6.55. The van der Waals surface area contributed by atoms with Gasteiger partial charge in [-0.15, -0.1) is 0 Å². The molecule has 0 aromatic heterocycles. The molecule has 0 aliphatic rings. The Bertz CT molecular complexity index is 500. The van der Waals surface area contributed by atoms with Gasteiger partial charge in [-0.05, 0) is 37.5 Å². The highest BCUT2D eigenvalue weighted by Crippen LogP contribution is 2.16. The van der Waals surface area contributed by atoms with Crippen LogP contribution in [0.5, 0.6) is 0 Å². The van der Waals surface area contributed by atoms with Crippen LogP contribution in [0.4, 0.5) is 0 Å². The molecule has 0 aliphatic carbocycles. The van der Waals surface area contributed by atoms with Crippen molar-refractivity contribution in [2.24, 2.45) is 0 Å². The second-order valence-corrected chi connectivity index (χ2v) is 7.45.